The van der Waals surface area contributed by atoms with Gasteiger partial charge >= 0.3 is 0 Å². The van der Waals surface area contributed by atoms with Gasteiger partial charge in [0.2, 0.25) is 0 Å². The van der Waals surface area contributed by atoms with E-state index >= 15 is 0 Å². The van der Waals surface area contributed by atoms with Crippen molar-refractivity contribution in [2.75, 3.05) is 5.32 Å². The van der Waals surface area contributed by atoms with E-state index in [1.807, 2.05) is 25.1 Å². The Hall–Kier alpha value is -1.39. The molecule has 1 N–H and O–H groups in total. The lowest BCUT2D eigenvalue weighted by atomic mass is 10.2. The molecule has 0 bridgehead atoms. The number of carbonyl (C=O) groups excluding carboxylic acids is 1. The smallest absolute Gasteiger partial charge is 0.255 e. The molecule has 0 atom stereocenters. The Balaban J connectivity index is 0.00000162. The Kier molecular flexibility index (Phi) is 5.31. The fraction of sp³-hybridized carbons (Fsp3) is 0.0769. The summed E-state index contributed by atoms with van der Waals surface area (Å²) in [5.74, 6) is -0.130. The first-order chi connectivity index (χ1) is 8.16. The minimum atomic E-state index is -0.130. The van der Waals surface area contributed by atoms with Crippen LogP contribution >= 0.6 is 28.3 Å². The van der Waals surface area contributed by atoms with Gasteiger partial charge in [-0.3, -0.25) is 9.78 Å². The first-order valence-electron chi connectivity index (χ1n) is 5.14. The molecule has 94 valence electrons. The Labute approximate surface area is 120 Å². The van der Waals surface area contributed by atoms with Crippen molar-refractivity contribution in [2.45, 2.75) is 6.92 Å². The lowest BCUT2D eigenvalue weighted by Gasteiger charge is -2.06. The largest absolute Gasteiger partial charge is 0.322 e. The topological polar surface area (TPSA) is 42.0 Å². The highest BCUT2D eigenvalue weighted by Crippen LogP contribution is 2.20. The van der Waals surface area contributed by atoms with E-state index in [0.717, 1.165) is 15.7 Å². The van der Waals surface area contributed by atoms with Crippen molar-refractivity contribution in [3.05, 3.63) is 58.3 Å². The number of hydrogen-bond donors (Lipinski definition) is 1. The Morgan fingerprint density at radius 2 is 1.89 bits per heavy atom. The van der Waals surface area contributed by atoms with Gasteiger partial charge in [0.25, 0.3) is 5.91 Å². The van der Waals surface area contributed by atoms with Crippen molar-refractivity contribution >= 4 is 39.9 Å². The van der Waals surface area contributed by atoms with Crippen LogP contribution in [0.25, 0.3) is 0 Å². The molecule has 0 fully saturated rings. The molecule has 0 spiro atoms. The minimum Gasteiger partial charge on any atom is -0.322 e. The number of pyridine rings is 1. The summed E-state index contributed by atoms with van der Waals surface area (Å²) in [7, 11) is 0. The molecule has 18 heavy (non-hydrogen) atoms. The lowest BCUT2D eigenvalue weighted by Crippen LogP contribution is -2.11. The summed E-state index contributed by atoms with van der Waals surface area (Å²) in [5.41, 5.74) is 2.46. The maximum absolute atomic E-state index is 11.9. The summed E-state index contributed by atoms with van der Waals surface area (Å²) in [6.07, 6.45) is 3.20. The van der Waals surface area contributed by atoms with E-state index in [2.05, 4.69) is 26.2 Å². The third-order valence-corrected chi connectivity index (χ3v) is 3.25. The van der Waals surface area contributed by atoms with Gasteiger partial charge in [-0.05, 0) is 42.8 Å². The maximum atomic E-state index is 11.9. The highest BCUT2D eigenvalue weighted by Gasteiger charge is 2.05. The second kappa shape index (κ2) is 6.52. The molecular weight excluding hydrogens is 316 g/mol. The molecule has 2 aromatic rings. The summed E-state index contributed by atoms with van der Waals surface area (Å²) < 4.78 is 1.03. The van der Waals surface area contributed by atoms with Crippen LogP contribution in [0.4, 0.5) is 5.69 Å². The summed E-state index contributed by atoms with van der Waals surface area (Å²) in [4.78, 5) is 15.7. The van der Waals surface area contributed by atoms with E-state index in [1.165, 1.54) is 0 Å². The normalized spacial score (nSPS) is 9.44. The fourth-order valence-corrected chi connectivity index (χ4v) is 1.68. The number of rotatable bonds is 2. The average molecular weight is 328 g/mol. The van der Waals surface area contributed by atoms with Crippen LogP contribution in [0.3, 0.4) is 0 Å². The van der Waals surface area contributed by atoms with Crippen LogP contribution in [0.15, 0.2) is 47.2 Å². The number of anilines is 1. The first kappa shape index (κ1) is 14.7. The van der Waals surface area contributed by atoms with Crippen LogP contribution in [-0.4, -0.2) is 10.9 Å². The molecule has 0 saturated carbocycles. The first-order valence-corrected chi connectivity index (χ1v) is 5.93. The van der Waals surface area contributed by atoms with Gasteiger partial charge in [-0.25, -0.2) is 0 Å². The van der Waals surface area contributed by atoms with Gasteiger partial charge < -0.3 is 5.32 Å². The Bertz CT molecular complexity index is 546. The van der Waals surface area contributed by atoms with Gasteiger partial charge in [-0.1, -0.05) is 15.9 Å². The van der Waals surface area contributed by atoms with E-state index in [1.54, 1.807) is 24.5 Å². The predicted molar refractivity (Wildman–Crippen MR) is 78.3 cm³/mol. The van der Waals surface area contributed by atoms with Crippen molar-refractivity contribution in [3.8, 4) is 0 Å². The highest BCUT2D eigenvalue weighted by atomic mass is 79.9. The Morgan fingerprint density at radius 3 is 2.50 bits per heavy atom. The molecule has 0 aliphatic rings. The molecule has 0 saturated heterocycles. The molecular formula is C13H12BrClN2O. The van der Waals surface area contributed by atoms with E-state index < -0.39 is 0 Å². The molecule has 1 heterocycles. The van der Waals surface area contributed by atoms with Gasteiger partial charge in [-0.2, -0.15) is 0 Å². The predicted octanol–water partition coefficient (Wildman–Crippen LogP) is 3.83. The minimum absolute atomic E-state index is 0. The molecule has 5 heteroatoms. The van der Waals surface area contributed by atoms with Gasteiger partial charge in [-0.15, -0.1) is 12.4 Å². The summed E-state index contributed by atoms with van der Waals surface area (Å²) >= 11 is 3.42. The van der Waals surface area contributed by atoms with Gasteiger partial charge in [0, 0.05) is 28.1 Å². The van der Waals surface area contributed by atoms with Crippen LogP contribution in [-0.2, 0) is 0 Å². The van der Waals surface area contributed by atoms with Gasteiger partial charge in [0.1, 0.15) is 0 Å². The SMILES string of the molecule is Cc1cc(NC(=O)c2ccncc2)ccc1Br.Cl. The van der Waals surface area contributed by atoms with E-state index in [-0.39, 0.29) is 18.3 Å². The summed E-state index contributed by atoms with van der Waals surface area (Å²) in [6, 6.07) is 9.05. The standard InChI is InChI=1S/C13H11BrN2O.ClH/c1-9-8-11(2-3-12(9)14)16-13(17)10-4-6-15-7-5-10;/h2-8H,1H3,(H,16,17);1H. The monoisotopic (exact) mass is 326 g/mol. The van der Waals surface area contributed by atoms with Crippen molar-refractivity contribution in [1.82, 2.24) is 4.98 Å². The van der Waals surface area contributed by atoms with Crippen LogP contribution in [0.2, 0.25) is 0 Å². The number of nitrogens with zero attached hydrogens (tertiary/aromatic N) is 1. The second-order valence-electron chi connectivity index (χ2n) is 3.65. The number of benzene rings is 1. The van der Waals surface area contributed by atoms with Gasteiger partial charge in [0.05, 0.1) is 0 Å². The van der Waals surface area contributed by atoms with Gasteiger partial charge in [0.15, 0.2) is 0 Å². The highest BCUT2D eigenvalue weighted by molar-refractivity contribution is 9.10. The molecule has 0 aliphatic carbocycles. The molecule has 0 aliphatic heterocycles. The molecule has 2 rings (SSSR count). The molecule has 1 amide bonds. The third-order valence-electron chi connectivity index (χ3n) is 2.36. The van der Waals surface area contributed by atoms with Crippen LogP contribution < -0.4 is 5.32 Å². The summed E-state index contributed by atoms with van der Waals surface area (Å²) in [5, 5.41) is 2.84. The fourth-order valence-electron chi connectivity index (χ4n) is 1.43. The number of halogens is 2. The number of nitrogens with one attached hydrogen (secondary N) is 1. The number of carbonyl (C=O) groups is 1. The lowest BCUT2D eigenvalue weighted by molar-refractivity contribution is 0.102. The summed E-state index contributed by atoms with van der Waals surface area (Å²) in [6.45, 7) is 1.98. The van der Waals surface area contributed by atoms with Crippen molar-refractivity contribution < 1.29 is 4.79 Å². The molecule has 1 aromatic heterocycles. The molecule has 0 unspecified atom stereocenters. The maximum Gasteiger partial charge on any atom is 0.255 e. The Morgan fingerprint density at radius 1 is 1.22 bits per heavy atom. The van der Waals surface area contributed by atoms with Crippen molar-refractivity contribution in [1.29, 1.82) is 0 Å². The number of aryl methyl sites for hydroxylation is 1. The van der Waals surface area contributed by atoms with Crippen LogP contribution in [0.5, 0.6) is 0 Å². The van der Waals surface area contributed by atoms with E-state index in [4.69, 9.17) is 0 Å². The third kappa shape index (κ3) is 3.55. The van der Waals surface area contributed by atoms with E-state index in [9.17, 15) is 4.79 Å². The average Bonchev–Trinajstić information content (AvgIpc) is 2.35. The molecule has 1 aromatic carbocycles. The van der Waals surface area contributed by atoms with Crippen molar-refractivity contribution in [2.24, 2.45) is 0 Å². The number of aromatic nitrogens is 1. The molecule has 0 radical (unpaired) electrons. The number of amides is 1. The molecule has 3 nitrogen and oxygen atoms in total. The van der Waals surface area contributed by atoms with Crippen LogP contribution in [0, 0.1) is 6.92 Å². The zero-order chi connectivity index (χ0) is 12.3. The quantitative estimate of drug-likeness (QED) is 0.911. The second-order valence-corrected chi connectivity index (χ2v) is 4.51. The zero-order valence-corrected chi connectivity index (χ0v) is 12.1. The van der Waals surface area contributed by atoms with E-state index in [0.29, 0.717) is 5.56 Å². The van der Waals surface area contributed by atoms with Crippen molar-refractivity contribution in [3.63, 3.8) is 0 Å². The van der Waals surface area contributed by atoms with Crippen LogP contribution in [0.1, 0.15) is 15.9 Å². The zero-order valence-electron chi connectivity index (χ0n) is 9.68. The number of hydrogen-bond acceptors (Lipinski definition) is 2.